The van der Waals surface area contributed by atoms with Crippen molar-refractivity contribution in [3.8, 4) is 5.69 Å². The molecule has 0 fully saturated rings. The van der Waals surface area contributed by atoms with Crippen molar-refractivity contribution in [3.63, 3.8) is 0 Å². The number of nitrogens with zero attached hydrogens (tertiary/aromatic N) is 2. The van der Waals surface area contributed by atoms with Gasteiger partial charge in [0.25, 0.3) is 5.56 Å². The Bertz CT molecular complexity index is 1350. The molecule has 8 nitrogen and oxygen atoms in total. The molecule has 0 atom stereocenters. The molecule has 0 aliphatic heterocycles. The number of hydrogen-bond donors (Lipinski definition) is 1. The number of hydrogen-bond acceptors (Lipinski definition) is 5. The van der Waals surface area contributed by atoms with Gasteiger partial charge in [-0.05, 0) is 44.2 Å². The molecule has 186 valence electrons. The van der Waals surface area contributed by atoms with Crippen LogP contribution in [0.3, 0.4) is 0 Å². The van der Waals surface area contributed by atoms with Gasteiger partial charge in [-0.25, -0.2) is 19.0 Å². The van der Waals surface area contributed by atoms with Gasteiger partial charge in [0.15, 0.2) is 0 Å². The zero-order valence-corrected chi connectivity index (χ0v) is 19.4. The number of carboxylic acid groups (broad SMARTS) is 1. The van der Waals surface area contributed by atoms with Gasteiger partial charge in [0.05, 0.1) is 27.9 Å². The average Bonchev–Trinajstić information content (AvgIpc) is 2.77. The maximum atomic E-state index is 12.9. The standard InChI is InChI=1S/C16H14ClF3N2O4.C7H6O2/c1-8(2)26-14(24)10-6-9(4-5-11(10)17)22-13(23)7-12(16(18,19)20)21(3)15(22)25;8-7(9)6-4-2-1-3-5-6/h4-8H,1-3H3;1-5H,(H,8,9). The number of halogens is 4. The summed E-state index contributed by atoms with van der Waals surface area (Å²) < 4.78 is 44.5. The number of carbonyl (C=O) groups excluding carboxylic acids is 1. The number of aromatic carboxylic acids is 1. The van der Waals surface area contributed by atoms with Crippen LogP contribution < -0.4 is 11.2 Å². The molecule has 3 aromatic rings. The van der Waals surface area contributed by atoms with Crippen LogP contribution in [0.4, 0.5) is 13.2 Å². The number of aromatic nitrogens is 2. The zero-order valence-electron chi connectivity index (χ0n) is 18.7. The fourth-order valence-electron chi connectivity index (χ4n) is 2.80. The molecule has 0 amide bonds. The highest BCUT2D eigenvalue weighted by Gasteiger charge is 2.35. The second-order valence-corrected chi connectivity index (χ2v) is 7.74. The van der Waals surface area contributed by atoms with Crippen molar-refractivity contribution >= 4 is 23.5 Å². The van der Waals surface area contributed by atoms with E-state index in [0.717, 1.165) is 13.1 Å². The smallest absolute Gasteiger partial charge is 0.431 e. The Kier molecular flexibility index (Phi) is 8.64. The summed E-state index contributed by atoms with van der Waals surface area (Å²) in [6, 6.07) is 12.2. The summed E-state index contributed by atoms with van der Waals surface area (Å²) in [5.41, 5.74) is -3.67. The van der Waals surface area contributed by atoms with Crippen LogP contribution in [0, 0.1) is 0 Å². The lowest BCUT2D eigenvalue weighted by Gasteiger charge is -2.15. The van der Waals surface area contributed by atoms with E-state index in [9.17, 15) is 32.3 Å². The molecule has 12 heteroatoms. The Hall–Kier alpha value is -3.86. The molecule has 0 bridgehead atoms. The lowest BCUT2D eigenvalue weighted by atomic mass is 10.2. The first-order valence-corrected chi connectivity index (χ1v) is 10.3. The van der Waals surface area contributed by atoms with E-state index in [1.165, 1.54) is 12.1 Å². The SMILES string of the molecule is CC(C)OC(=O)c1cc(-n2c(=O)cc(C(F)(F)F)n(C)c2=O)ccc1Cl.O=C(O)c1ccccc1. The maximum Gasteiger partial charge on any atom is 0.431 e. The minimum absolute atomic E-state index is 0.0104. The van der Waals surface area contributed by atoms with E-state index in [0.29, 0.717) is 20.8 Å². The van der Waals surface area contributed by atoms with Crippen LogP contribution in [0.25, 0.3) is 5.69 Å². The van der Waals surface area contributed by atoms with Gasteiger partial charge in [0.1, 0.15) is 5.69 Å². The second kappa shape index (κ2) is 11.0. The minimum Gasteiger partial charge on any atom is -0.478 e. The number of ether oxygens (including phenoxy) is 1. The van der Waals surface area contributed by atoms with E-state index in [1.807, 2.05) is 0 Å². The van der Waals surface area contributed by atoms with Crippen molar-refractivity contribution in [2.24, 2.45) is 7.05 Å². The van der Waals surface area contributed by atoms with E-state index >= 15 is 0 Å². The Balaban J connectivity index is 0.000000402. The van der Waals surface area contributed by atoms with Crippen LogP contribution >= 0.6 is 11.6 Å². The highest BCUT2D eigenvalue weighted by Crippen LogP contribution is 2.27. The minimum atomic E-state index is -4.86. The topological polar surface area (TPSA) is 108 Å². The maximum absolute atomic E-state index is 12.9. The van der Waals surface area contributed by atoms with E-state index < -0.39 is 41.2 Å². The molecule has 0 saturated heterocycles. The van der Waals surface area contributed by atoms with Crippen molar-refractivity contribution in [1.29, 1.82) is 0 Å². The summed E-state index contributed by atoms with van der Waals surface area (Å²) in [6.45, 7) is 3.23. The first-order chi connectivity index (χ1) is 16.2. The van der Waals surface area contributed by atoms with Crippen molar-refractivity contribution in [1.82, 2.24) is 9.13 Å². The third-order valence-electron chi connectivity index (χ3n) is 4.40. The Morgan fingerprint density at radius 3 is 2.11 bits per heavy atom. The molecule has 3 rings (SSSR count). The lowest BCUT2D eigenvalue weighted by molar-refractivity contribution is -0.144. The molecule has 1 N–H and O–H groups in total. The Morgan fingerprint density at radius 1 is 1.03 bits per heavy atom. The molecular formula is C23H20ClF3N2O6. The molecule has 0 unspecified atom stereocenters. The normalized spacial score (nSPS) is 11.0. The predicted octanol–water partition coefficient (Wildman–Crippen LogP) is 4.16. The van der Waals surface area contributed by atoms with Gasteiger partial charge in [0, 0.05) is 13.1 Å². The molecule has 0 radical (unpaired) electrons. The zero-order chi connectivity index (χ0) is 26.5. The molecular weight excluding hydrogens is 493 g/mol. The summed E-state index contributed by atoms with van der Waals surface area (Å²) in [5.74, 6) is -1.67. The summed E-state index contributed by atoms with van der Waals surface area (Å²) in [5, 5.41) is 8.40. The summed E-state index contributed by atoms with van der Waals surface area (Å²) >= 11 is 5.94. The van der Waals surface area contributed by atoms with Gasteiger partial charge >= 0.3 is 23.8 Å². The third-order valence-corrected chi connectivity index (χ3v) is 4.73. The average molecular weight is 513 g/mol. The molecule has 0 spiro atoms. The predicted molar refractivity (Wildman–Crippen MR) is 121 cm³/mol. The van der Waals surface area contributed by atoms with Crippen molar-refractivity contribution in [2.75, 3.05) is 0 Å². The molecule has 1 heterocycles. The van der Waals surface area contributed by atoms with E-state index in [-0.39, 0.29) is 16.3 Å². The van der Waals surface area contributed by atoms with Crippen LogP contribution in [0.5, 0.6) is 0 Å². The van der Waals surface area contributed by atoms with Gasteiger partial charge in [-0.15, -0.1) is 0 Å². The molecule has 2 aromatic carbocycles. The van der Waals surface area contributed by atoms with Gasteiger partial charge in [-0.2, -0.15) is 13.2 Å². The first-order valence-electron chi connectivity index (χ1n) is 9.93. The highest BCUT2D eigenvalue weighted by molar-refractivity contribution is 6.33. The van der Waals surface area contributed by atoms with E-state index in [2.05, 4.69) is 0 Å². The van der Waals surface area contributed by atoms with Crippen LogP contribution in [0.15, 0.2) is 64.2 Å². The second-order valence-electron chi connectivity index (χ2n) is 7.33. The third kappa shape index (κ3) is 6.82. The van der Waals surface area contributed by atoms with Crippen molar-refractivity contribution < 1.29 is 32.6 Å². The molecule has 35 heavy (non-hydrogen) atoms. The number of rotatable bonds is 4. The summed E-state index contributed by atoms with van der Waals surface area (Å²) in [6.07, 6.45) is -5.30. The number of benzene rings is 2. The van der Waals surface area contributed by atoms with Crippen molar-refractivity contribution in [2.45, 2.75) is 26.1 Å². The van der Waals surface area contributed by atoms with Crippen LogP contribution in [-0.2, 0) is 18.0 Å². The first kappa shape index (κ1) is 27.4. The molecule has 0 aliphatic rings. The number of esters is 1. The molecule has 0 aliphatic carbocycles. The number of carboxylic acids is 1. The van der Waals surface area contributed by atoms with E-state index in [1.54, 1.807) is 44.2 Å². The van der Waals surface area contributed by atoms with Crippen LogP contribution in [0.1, 0.15) is 40.3 Å². The van der Waals surface area contributed by atoms with E-state index in [4.69, 9.17) is 21.4 Å². The quantitative estimate of drug-likeness (QED) is 0.526. The Labute approximate surface area is 201 Å². The van der Waals surface area contributed by atoms with Crippen LogP contribution in [0.2, 0.25) is 5.02 Å². The monoisotopic (exact) mass is 512 g/mol. The fraction of sp³-hybridized carbons (Fsp3) is 0.217. The molecule has 0 saturated carbocycles. The lowest BCUT2D eigenvalue weighted by Crippen LogP contribution is -2.40. The molecule has 1 aromatic heterocycles. The van der Waals surface area contributed by atoms with Gasteiger partial charge in [-0.3, -0.25) is 9.36 Å². The van der Waals surface area contributed by atoms with Crippen LogP contribution in [-0.4, -0.2) is 32.3 Å². The number of alkyl halides is 3. The van der Waals surface area contributed by atoms with Crippen molar-refractivity contribution in [3.05, 3.63) is 97.3 Å². The van der Waals surface area contributed by atoms with Gasteiger partial charge in [-0.1, -0.05) is 29.8 Å². The largest absolute Gasteiger partial charge is 0.478 e. The summed E-state index contributed by atoms with van der Waals surface area (Å²) in [4.78, 5) is 46.6. The van der Waals surface area contributed by atoms with Gasteiger partial charge in [0.2, 0.25) is 0 Å². The summed E-state index contributed by atoms with van der Waals surface area (Å²) in [7, 11) is 0.894. The number of carbonyl (C=O) groups is 2. The fourth-order valence-corrected chi connectivity index (χ4v) is 3.00. The Morgan fingerprint density at radius 2 is 1.63 bits per heavy atom. The van der Waals surface area contributed by atoms with Gasteiger partial charge < -0.3 is 9.84 Å². The highest BCUT2D eigenvalue weighted by atomic mass is 35.5.